The maximum absolute atomic E-state index is 13.0. The van der Waals surface area contributed by atoms with Crippen LogP contribution in [0.3, 0.4) is 0 Å². The van der Waals surface area contributed by atoms with E-state index in [-0.39, 0.29) is 5.69 Å². The van der Waals surface area contributed by atoms with Gasteiger partial charge in [-0.1, -0.05) is 41.5 Å². The fraction of sp³-hybridized carbons (Fsp3) is 0.462. The Bertz CT molecular complexity index is 529. The van der Waals surface area contributed by atoms with Crippen LogP contribution >= 0.6 is 27.7 Å². The second kappa shape index (κ2) is 5.97. The van der Waals surface area contributed by atoms with Crippen molar-refractivity contribution in [3.8, 4) is 0 Å². The monoisotopic (exact) mass is 366 g/mol. The van der Waals surface area contributed by atoms with E-state index in [2.05, 4.69) is 40.1 Å². The van der Waals surface area contributed by atoms with Gasteiger partial charge in [-0.15, -0.1) is 0 Å². The summed E-state index contributed by atoms with van der Waals surface area (Å²) in [7, 11) is 0. The summed E-state index contributed by atoms with van der Waals surface area (Å²) < 4.78 is 39.4. The molecule has 20 heavy (non-hydrogen) atoms. The van der Waals surface area contributed by atoms with E-state index in [9.17, 15) is 13.2 Å². The van der Waals surface area contributed by atoms with Gasteiger partial charge in [0.2, 0.25) is 0 Å². The van der Waals surface area contributed by atoms with E-state index in [1.165, 1.54) is 17.8 Å². The molecule has 1 aliphatic rings. The maximum atomic E-state index is 13.0. The zero-order valence-corrected chi connectivity index (χ0v) is 13.4. The quantitative estimate of drug-likeness (QED) is 0.795. The van der Waals surface area contributed by atoms with Crippen molar-refractivity contribution in [3.63, 3.8) is 0 Å². The minimum absolute atomic E-state index is 0.0383. The molecule has 0 saturated heterocycles. The number of alkyl halides is 3. The normalized spacial score (nSPS) is 19.4. The summed E-state index contributed by atoms with van der Waals surface area (Å²) in [5, 5.41) is 3.67. The van der Waals surface area contributed by atoms with Gasteiger partial charge in [-0.3, -0.25) is 4.99 Å². The molecule has 0 saturated carbocycles. The molecule has 0 aromatic heterocycles. The van der Waals surface area contributed by atoms with E-state index in [1.807, 2.05) is 0 Å². The Hall–Kier alpha value is -0.690. The van der Waals surface area contributed by atoms with Crippen molar-refractivity contribution in [2.45, 2.75) is 25.3 Å². The van der Waals surface area contributed by atoms with E-state index in [0.717, 1.165) is 6.07 Å². The molecule has 1 aliphatic heterocycles. The zero-order valence-electron chi connectivity index (χ0n) is 11.0. The number of thioether (sulfide) groups is 1. The number of hydrogen-bond acceptors (Lipinski definition) is 3. The number of nitrogens with zero attached hydrogens (tertiary/aromatic N) is 1. The molecule has 2 nitrogen and oxygen atoms in total. The highest BCUT2D eigenvalue weighted by Crippen LogP contribution is 2.37. The molecule has 1 atom stereocenters. The summed E-state index contributed by atoms with van der Waals surface area (Å²) in [6.45, 7) is 4.80. The van der Waals surface area contributed by atoms with Gasteiger partial charge in [-0.05, 0) is 24.1 Å². The molecule has 2 rings (SSSR count). The summed E-state index contributed by atoms with van der Waals surface area (Å²) in [6, 6.07) is 4.07. The SMILES string of the molecule is CC(C)C1CN=C(Nc2ccc(Br)cc2C(F)(F)F)S1. The molecule has 0 spiro atoms. The Kier molecular flexibility index (Phi) is 4.69. The summed E-state index contributed by atoms with van der Waals surface area (Å²) in [5.74, 6) is 0.440. The fourth-order valence-corrected chi connectivity index (χ4v) is 3.17. The van der Waals surface area contributed by atoms with E-state index < -0.39 is 11.7 Å². The van der Waals surface area contributed by atoms with E-state index in [0.29, 0.717) is 27.4 Å². The van der Waals surface area contributed by atoms with Gasteiger partial charge in [-0.25, -0.2) is 0 Å². The van der Waals surface area contributed by atoms with Gasteiger partial charge in [-0.2, -0.15) is 13.2 Å². The molecule has 0 aliphatic carbocycles. The average molecular weight is 367 g/mol. The van der Waals surface area contributed by atoms with Crippen LogP contribution < -0.4 is 5.32 Å². The predicted octanol–water partition coefficient (Wildman–Crippen LogP) is 5.01. The lowest BCUT2D eigenvalue weighted by Gasteiger charge is -2.16. The molecule has 1 aromatic rings. The van der Waals surface area contributed by atoms with Crippen LogP contribution in [0.4, 0.5) is 18.9 Å². The van der Waals surface area contributed by atoms with Crippen molar-refractivity contribution in [2.24, 2.45) is 10.9 Å². The third-order valence-electron chi connectivity index (χ3n) is 2.95. The van der Waals surface area contributed by atoms with Crippen molar-refractivity contribution in [2.75, 3.05) is 11.9 Å². The molecule has 1 heterocycles. The Balaban J connectivity index is 2.19. The number of benzene rings is 1. The average Bonchev–Trinajstić information content (AvgIpc) is 2.79. The van der Waals surface area contributed by atoms with Gasteiger partial charge in [0.05, 0.1) is 17.8 Å². The Morgan fingerprint density at radius 3 is 2.65 bits per heavy atom. The van der Waals surface area contributed by atoms with E-state index in [1.54, 1.807) is 6.07 Å². The van der Waals surface area contributed by atoms with Crippen LogP contribution in [0, 0.1) is 5.92 Å². The topological polar surface area (TPSA) is 24.4 Å². The number of hydrogen-bond donors (Lipinski definition) is 1. The van der Waals surface area contributed by atoms with Crippen LogP contribution in [0.5, 0.6) is 0 Å². The van der Waals surface area contributed by atoms with Crippen LogP contribution in [0.1, 0.15) is 19.4 Å². The molecule has 110 valence electrons. The lowest BCUT2D eigenvalue weighted by molar-refractivity contribution is -0.136. The first-order valence-corrected chi connectivity index (χ1v) is 7.79. The second-order valence-electron chi connectivity index (χ2n) is 4.86. The molecule has 7 heteroatoms. The second-order valence-corrected chi connectivity index (χ2v) is 7.00. The first-order chi connectivity index (χ1) is 9.27. The van der Waals surface area contributed by atoms with Crippen LogP contribution in [0.25, 0.3) is 0 Å². The van der Waals surface area contributed by atoms with Gasteiger partial charge in [0.15, 0.2) is 5.17 Å². The van der Waals surface area contributed by atoms with Gasteiger partial charge in [0.25, 0.3) is 0 Å². The molecule has 0 amide bonds. The van der Waals surface area contributed by atoms with Crippen molar-refractivity contribution >= 4 is 38.5 Å². The predicted molar refractivity (Wildman–Crippen MR) is 81.3 cm³/mol. The van der Waals surface area contributed by atoms with Gasteiger partial charge in [0, 0.05) is 9.72 Å². The highest BCUT2D eigenvalue weighted by molar-refractivity contribution is 9.10. The van der Waals surface area contributed by atoms with Crippen LogP contribution in [0.15, 0.2) is 27.7 Å². The molecule has 0 bridgehead atoms. The summed E-state index contributed by atoms with van der Waals surface area (Å²) in [6.07, 6.45) is -4.40. The molecule has 0 fully saturated rings. The largest absolute Gasteiger partial charge is 0.418 e. The van der Waals surface area contributed by atoms with Crippen molar-refractivity contribution in [1.82, 2.24) is 0 Å². The molecule has 1 N–H and O–H groups in total. The first-order valence-electron chi connectivity index (χ1n) is 6.12. The van der Waals surface area contributed by atoms with E-state index in [4.69, 9.17) is 0 Å². The smallest absolute Gasteiger partial charge is 0.334 e. The van der Waals surface area contributed by atoms with E-state index >= 15 is 0 Å². The Labute approximate surface area is 128 Å². The number of anilines is 1. The number of aliphatic imine (C=N–C) groups is 1. The minimum atomic E-state index is -4.40. The lowest BCUT2D eigenvalue weighted by atomic mass is 10.1. The van der Waals surface area contributed by atoms with Gasteiger partial charge >= 0.3 is 6.18 Å². The van der Waals surface area contributed by atoms with Crippen LogP contribution in [-0.4, -0.2) is 17.0 Å². The van der Waals surface area contributed by atoms with Gasteiger partial charge < -0.3 is 5.32 Å². The first kappa shape index (κ1) is 15.7. The Morgan fingerprint density at radius 2 is 2.10 bits per heavy atom. The van der Waals surface area contributed by atoms with Crippen molar-refractivity contribution < 1.29 is 13.2 Å². The molecular weight excluding hydrogens is 353 g/mol. The molecular formula is C13H14BrF3N2S. The van der Waals surface area contributed by atoms with Crippen molar-refractivity contribution in [3.05, 3.63) is 28.2 Å². The summed E-state index contributed by atoms with van der Waals surface area (Å²) in [4.78, 5) is 4.27. The molecule has 0 radical (unpaired) electrons. The van der Waals surface area contributed by atoms with Crippen LogP contribution in [0.2, 0.25) is 0 Å². The zero-order chi connectivity index (χ0) is 14.9. The molecule has 1 aromatic carbocycles. The highest BCUT2D eigenvalue weighted by atomic mass is 79.9. The number of nitrogens with one attached hydrogen (secondary N) is 1. The highest BCUT2D eigenvalue weighted by Gasteiger charge is 2.34. The van der Waals surface area contributed by atoms with Gasteiger partial charge in [0.1, 0.15) is 0 Å². The third-order valence-corrected chi connectivity index (χ3v) is 4.89. The number of halogens is 4. The standard InChI is InChI=1S/C13H14BrF3N2S/c1-7(2)11-6-18-12(20-11)19-10-4-3-8(14)5-9(10)13(15,16)17/h3-5,7,11H,6H2,1-2H3,(H,18,19). The number of amidine groups is 1. The van der Waals surface area contributed by atoms with Crippen molar-refractivity contribution in [1.29, 1.82) is 0 Å². The maximum Gasteiger partial charge on any atom is 0.418 e. The Morgan fingerprint density at radius 1 is 1.40 bits per heavy atom. The fourth-order valence-electron chi connectivity index (χ4n) is 1.78. The lowest BCUT2D eigenvalue weighted by Crippen LogP contribution is -2.15. The summed E-state index contributed by atoms with van der Waals surface area (Å²) in [5.41, 5.74) is -0.653. The van der Waals surface area contributed by atoms with Crippen LogP contribution in [-0.2, 0) is 6.18 Å². The minimum Gasteiger partial charge on any atom is -0.334 e. The summed E-state index contributed by atoms with van der Waals surface area (Å²) >= 11 is 4.56. The third kappa shape index (κ3) is 3.69. The molecule has 1 unspecified atom stereocenters. The number of rotatable bonds is 2.